The second kappa shape index (κ2) is 8.88. The fourth-order valence-electron chi connectivity index (χ4n) is 3.52. The Bertz CT molecular complexity index is 1040. The van der Waals surface area contributed by atoms with Crippen molar-refractivity contribution < 1.29 is 9.59 Å². The second-order valence-corrected chi connectivity index (χ2v) is 7.40. The molecular weight excluding hydrogens is 394 g/mol. The number of hydrogen-bond acceptors (Lipinski definition) is 3. The van der Waals surface area contributed by atoms with Crippen LogP contribution in [0.15, 0.2) is 91.0 Å². The largest absolute Gasteiger partial charge is 0.332 e. The molecule has 0 unspecified atom stereocenters. The third-order valence-corrected chi connectivity index (χ3v) is 5.38. The molecule has 1 fully saturated rings. The molecule has 3 aromatic rings. The number of hydrogen-bond donors (Lipinski definition) is 1. The van der Waals surface area contributed by atoms with Crippen LogP contribution in [0.2, 0.25) is 0 Å². The molecule has 0 bridgehead atoms. The topological polar surface area (TPSA) is 52.7 Å². The van der Waals surface area contributed by atoms with E-state index in [9.17, 15) is 9.59 Å². The van der Waals surface area contributed by atoms with E-state index in [0.717, 1.165) is 5.56 Å². The summed E-state index contributed by atoms with van der Waals surface area (Å²) >= 11 is 5.68. The summed E-state index contributed by atoms with van der Waals surface area (Å²) in [6.07, 6.45) is 0.0179. The molecule has 1 N–H and O–H groups in total. The van der Waals surface area contributed by atoms with Crippen molar-refractivity contribution in [1.29, 1.82) is 0 Å². The summed E-state index contributed by atoms with van der Waals surface area (Å²) in [7, 11) is 0. The van der Waals surface area contributed by atoms with Crippen molar-refractivity contribution in [2.45, 2.75) is 19.0 Å². The first-order chi connectivity index (χ1) is 14.6. The third-order valence-electron chi connectivity index (χ3n) is 4.97. The SMILES string of the molecule is O=C(C[C@@H]1C(=O)N(c2ccccc2)C(=S)N1Cc1ccccc1)Nc1ccccc1. The molecule has 1 aliphatic rings. The van der Waals surface area contributed by atoms with Gasteiger partial charge in [0, 0.05) is 12.2 Å². The van der Waals surface area contributed by atoms with Crippen LogP contribution in [0.1, 0.15) is 12.0 Å². The molecule has 30 heavy (non-hydrogen) atoms. The van der Waals surface area contributed by atoms with Crippen molar-refractivity contribution >= 4 is 40.5 Å². The third kappa shape index (κ3) is 4.23. The number of nitrogens with one attached hydrogen (secondary N) is 1. The molecule has 3 aromatic carbocycles. The zero-order valence-corrected chi connectivity index (χ0v) is 17.1. The first-order valence-electron chi connectivity index (χ1n) is 9.72. The smallest absolute Gasteiger partial charge is 0.256 e. The molecule has 1 saturated heterocycles. The summed E-state index contributed by atoms with van der Waals surface area (Å²) < 4.78 is 0. The Kier molecular flexibility index (Phi) is 5.86. The maximum atomic E-state index is 13.3. The quantitative estimate of drug-likeness (QED) is 0.613. The highest BCUT2D eigenvalue weighted by Gasteiger charge is 2.44. The van der Waals surface area contributed by atoms with Crippen LogP contribution >= 0.6 is 12.2 Å². The Morgan fingerprint density at radius 3 is 2.07 bits per heavy atom. The second-order valence-electron chi connectivity index (χ2n) is 7.04. The normalized spacial score (nSPS) is 16.1. The number of nitrogens with zero attached hydrogens (tertiary/aromatic N) is 2. The van der Waals surface area contributed by atoms with Gasteiger partial charge in [-0.15, -0.1) is 0 Å². The summed E-state index contributed by atoms with van der Waals surface area (Å²) in [5, 5.41) is 3.27. The van der Waals surface area contributed by atoms with Crippen LogP contribution in [-0.2, 0) is 16.1 Å². The van der Waals surface area contributed by atoms with Gasteiger partial charge in [-0.3, -0.25) is 14.5 Å². The number of para-hydroxylation sites is 2. The molecule has 0 spiro atoms. The van der Waals surface area contributed by atoms with Crippen LogP contribution in [0.25, 0.3) is 0 Å². The monoisotopic (exact) mass is 415 g/mol. The van der Waals surface area contributed by atoms with Crippen molar-refractivity contribution in [1.82, 2.24) is 4.90 Å². The van der Waals surface area contributed by atoms with Crippen molar-refractivity contribution in [3.63, 3.8) is 0 Å². The van der Waals surface area contributed by atoms with E-state index in [-0.39, 0.29) is 18.2 Å². The number of rotatable bonds is 6. The highest BCUT2D eigenvalue weighted by atomic mass is 32.1. The van der Waals surface area contributed by atoms with Crippen LogP contribution in [0, 0.1) is 0 Å². The van der Waals surface area contributed by atoms with Crippen LogP contribution in [-0.4, -0.2) is 27.9 Å². The van der Waals surface area contributed by atoms with Gasteiger partial charge < -0.3 is 10.2 Å². The van der Waals surface area contributed by atoms with E-state index in [4.69, 9.17) is 12.2 Å². The van der Waals surface area contributed by atoms with E-state index in [0.29, 0.717) is 23.0 Å². The van der Waals surface area contributed by atoms with E-state index in [2.05, 4.69) is 5.32 Å². The van der Waals surface area contributed by atoms with E-state index in [1.807, 2.05) is 95.9 Å². The number of thiocarbonyl (C=S) groups is 1. The highest BCUT2D eigenvalue weighted by molar-refractivity contribution is 7.80. The molecule has 4 rings (SSSR count). The Morgan fingerprint density at radius 2 is 1.43 bits per heavy atom. The van der Waals surface area contributed by atoms with Gasteiger partial charge >= 0.3 is 0 Å². The molecule has 2 amide bonds. The average Bonchev–Trinajstić information content (AvgIpc) is 2.99. The minimum absolute atomic E-state index is 0.0179. The molecule has 6 heteroatoms. The summed E-state index contributed by atoms with van der Waals surface area (Å²) in [4.78, 5) is 29.4. The number of amides is 2. The first kappa shape index (κ1) is 19.8. The lowest BCUT2D eigenvalue weighted by Crippen LogP contribution is -2.37. The summed E-state index contributed by atoms with van der Waals surface area (Å²) in [5.74, 6) is -0.416. The molecule has 0 aliphatic carbocycles. The number of carbonyl (C=O) groups excluding carboxylic acids is 2. The first-order valence-corrected chi connectivity index (χ1v) is 10.1. The summed E-state index contributed by atoms with van der Waals surface area (Å²) in [6, 6.07) is 27.7. The van der Waals surface area contributed by atoms with Gasteiger partial charge in [0.2, 0.25) is 5.91 Å². The van der Waals surface area contributed by atoms with Crippen LogP contribution in [0.3, 0.4) is 0 Å². The van der Waals surface area contributed by atoms with Crippen molar-refractivity contribution in [2.24, 2.45) is 0 Å². The van der Waals surface area contributed by atoms with Gasteiger partial charge in [-0.1, -0.05) is 66.7 Å². The Labute approximate surface area is 180 Å². The minimum atomic E-state index is -0.665. The summed E-state index contributed by atoms with van der Waals surface area (Å²) in [5.41, 5.74) is 2.43. The Hall–Kier alpha value is -3.51. The zero-order valence-electron chi connectivity index (χ0n) is 16.3. The zero-order chi connectivity index (χ0) is 20.9. The van der Waals surface area contributed by atoms with Crippen molar-refractivity contribution in [3.05, 3.63) is 96.6 Å². The van der Waals surface area contributed by atoms with E-state index in [1.165, 1.54) is 4.90 Å². The van der Waals surface area contributed by atoms with Gasteiger partial charge in [0.15, 0.2) is 5.11 Å². The number of carbonyl (C=O) groups is 2. The van der Waals surface area contributed by atoms with Gasteiger partial charge in [-0.2, -0.15) is 0 Å². The lowest BCUT2D eigenvalue weighted by molar-refractivity contribution is -0.124. The number of benzene rings is 3. The molecule has 150 valence electrons. The predicted octanol–water partition coefficient (Wildman–Crippen LogP) is 4.22. The fraction of sp³-hybridized carbons (Fsp3) is 0.125. The molecule has 0 aromatic heterocycles. The van der Waals surface area contributed by atoms with Crippen LogP contribution < -0.4 is 10.2 Å². The average molecular weight is 416 g/mol. The highest BCUT2D eigenvalue weighted by Crippen LogP contribution is 2.28. The standard InChI is InChI=1S/C24H21N3O2S/c28-22(25-19-12-6-2-7-13-19)16-21-23(29)27(20-14-8-3-9-15-20)24(30)26(21)17-18-10-4-1-5-11-18/h1-15,21H,16-17H2,(H,25,28)/t21-/m1/s1. The number of anilines is 2. The maximum absolute atomic E-state index is 13.3. The van der Waals surface area contributed by atoms with Gasteiger partial charge in [-0.05, 0) is 42.0 Å². The van der Waals surface area contributed by atoms with Gasteiger partial charge in [0.25, 0.3) is 5.91 Å². The molecule has 1 atom stereocenters. The van der Waals surface area contributed by atoms with Gasteiger partial charge in [0.05, 0.1) is 12.1 Å². The molecular formula is C24H21N3O2S. The predicted molar refractivity (Wildman–Crippen MR) is 122 cm³/mol. The molecule has 1 aliphatic heterocycles. The molecule has 0 radical (unpaired) electrons. The molecule has 0 saturated carbocycles. The van der Waals surface area contributed by atoms with Crippen LogP contribution in [0.5, 0.6) is 0 Å². The van der Waals surface area contributed by atoms with Crippen molar-refractivity contribution in [2.75, 3.05) is 10.2 Å². The van der Waals surface area contributed by atoms with E-state index in [1.54, 1.807) is 0 Å². The molecule has 1 heterocycles. The minimum Gasteiger partial charge on any atom is -0.332 e. The fourth-order valence-corrected chi connectivity index (χ4v) is 3.90. The maximum Gasteiger partial charge on any atom is 0.256 e. The Morgan fingerprint density at radius 1 is 0.867 bits per heavy atom. The Balaban J connectivity index is 1.59. The summed E-state index contributed by atoms with van der Waals surface area (Å²) in [6.45, 7) is 0.456. The van der Waals surface area contributed by atoms with Crippen molar-refractivity contribution in [3.8, 4) is 0 Å². The lowest BCUT2D eigenvalue weighted by Gasteiger charge is -2.24. The van der Waals surface area contributed by atoms with Crippen LogP contribution in [0.4, 0.5) is 11.4 Å². The lowest BCUT2D eigenvalue weighted by atomic mass is 10.1. The van der Waals surface area contributed by atoms with E-state index >= 15 is 0 Å². The van der Waals surface area contributed by atoms with E-state index < -0.39 is 6.04 Å². The molecule has 5 nitrogen and oxygen atoms in total. The van der Waals surface area contributed by atoms with Gasteiger partial charge in [0.1, 0.15) is 6.04 Å². The van der Waals surface area contributed by atoms with Gasteiger partial charge in [-0.25, -0.2) is 0 Å².